The molecule has 0 bridgehead atoms. The lowest BCUT2D eigenvalue weighted by Gasteiger charge is -2.24. The van der Waals surface area contributed by atoms with Gasteiger partial charge in [-0.05, 0) is 35.6 Å². The summed E-state index contributed by atoms with van der Waals surface area (Å²) in [5.41, 5.74) is 3.66. The zero-order valence-electron chi connectivity index (χ0n) is 15.8. The third kappa shape index (κ3) is 3.09. The van der Waals surface area contributed by atoms with Gasteiger partial charge in [-0.25, -0.2) is 0 Å². The summed E-state index contributed by atoms with van der Waals surface area (Å²) in [6.07, 6.45) is 7.03. The van der Waals surface area contributed by atoms with Gasteiger partial charge in [0.05, 0.1) is 5.92 Å². The second-order valence-electron chi connectivity index (χ2n) is 7.59. The molecular formula is C22H23N5O. The molecule has 2 aliphatic rings. The van der Waals surface area contributed by atoms with Crippen LogP contribution < -0.4 is 0 Å². The molecule has 0 radical (unpaired) electrons. The molecular weight excluding hydrogens is 350 g/mol. The maximum absolute atomic E-state index is 13.2. The van der Waals surface area contributed by atoms with E-state index in [4.69, 9.17) is 0 Å². The van der Waals surface area contributed by atoms with Crippen LogP contribution in [0.4, 0.5) is 0 Å². The lowest BCUT2D eigenvalue weighted by molar-refractivity contribution is -0.132. The molecule has 3 heterocycles. The van der Waals surface area contributed by atoms with Gasteiger partial charge in [-0.3, -0.25) is 9.78 Å². The third-order valence-corrected chi connectivity index (χ3v) is 5.93. The minimum Gasteiger partial charge on any atom is -0.340 e. The highest BCUT2D eigenvalue weighted by Crippen LogP contribution is 2.34. The topological polar surface area (TPSA) is 63.9 Å². The van der Waals surface area contributed by atoms with Crippen LogP contribution in [0.5, 0.6) is 0 Å². The molecule has 0 saturated heterocycles. The van der Waals surface area contributed by atoms with E-state index in [0.717, 1.165) is 43.0 Å². The Balaban J connectivity index is 1.31. The van der Waals surface area contributed by atoms with Crippen molar-refractivity contribution in [2.24, 2.45) is 0 Å². The molecule has 1 aliphatic carbocycles. The summed E-state index contributed by atoms with van der Waals surface area (Å²) in [5.74, 6) is 2.19. The van der Waals surface area contributed by atoms with Crippen molar-refractivity contribution in [3.05, 3.63) is 77.1 Å². The fourth-order valence-electron chi connectivity index (χ4n) is 4.45. The number of hydrogen-bond donors (Lipinski definition) is 0. The monoisotopic (exact) mass is 373 g/mol. The van der Waals surface area contributed by atoms with Gasteiger partial charge in [0.25, 0.3) is 0 Å². The van der Waals surface area contributed by atoms with E-state index in [9.17, 15) is 4.79 Å². The molecule has 28 heavy (non-hydrogen) atoms. The summed E-state index contributed by atoms with van der Waals surface area (Å²) in [7, 11) is 0. The van der Waals surface area contributed by atoms with Crippen LogP contribution in [0, 0.1) is 0 Å². The number of carbonyl (C=O) groups is 1. The van der Waals surface area contributed by atoms with Gasteiger partial charge < -0.3 is 9.47 Å². The van der Waals surface area contributed by atoms with Crippen molar-refractivity contribution < 1.29 is 4.79 Å². The number of aromatic nitrogens is 4. The maximum atomic E-state index is 13.2. The molecule has 6 heteroatoms. The van der Waals surface area contributed by atoms with E-state index < -0.39 is 0 Å². The summed E-state index contributed by atoms with van der Waals surface area (Å²) >= 11 is 0. The normalized spacial score (nSPS) is 18.4. The molecule has 3 aromatic rings. The van der Waals surface area contributed by atoms with Crippen LogP contribution in [-0.2, 0) is 30.6 Å². The van der Waals surface area contributed by atoms with Crippen LogP contribution in [0.15, 0.2) is 48.8 Å². The van der Waals surface area contributed by atoms with Gasteiger partial charge in [0, 0.05) is 44.9 Å². The molecule has 0 fully saturated rings. The van der Waals surface area contributed by atoms with Crippen LogP contribution >= 0.6 is 0 Å². The fraction of sp³-hybridized carbons (Fsp3) is 0.364. The van der Waals surface area contributed by atoms with Crippen molar-refractivity contribution in [3.63, 3.8) is 0 Å². The Hall–Kier alpha value is -3.02. The fourth-order valence-corrected chi connectivity index (χ4v) is 4.45. The van der Waals surface area contributed by atoms with Crippen LogP contribution in [0.25, 0.3) is 0 Å². The molecule has 142 valence electrons. The Labute approximate surface area is 164 Å². The van der Waals surface area contributed by atoms with Gasteiger partial charge >= 0.3 is 0 Å². The van der Waals surface area contributed by atoms with Gasteiger partial charge in [0.1, 0.15) is 11.6 Å². The molecule has 2 aromatic heterocycles. The van der Waals surface area contributed by atoms with Crippen LogP contribution in [0.1, 0.15) is 40.7 Å². The number of benzene rings is 1. The van der Waals surface area contributed by atoms with Gasteiger partial charge in [0.2, 0.25) is 5.91 Å². The standard InChI is InChI=1S/C22H23N5O/c28-22(19-8-7-17-5-1-2-6-18(17)19)26-11-9-20-24-25-21(27(20)13-12-26)14-16-4-3-10-23-15-16/h1-6,10,15,19H,7-9,11-14H2. The van der Waals surface area contributed by atoms with E-state index in [1.165, 1.54) is 11.1 Å². The summed E-state index contributed by atoms with van der Waals surface area (Å²) in [6, 6.07) is 12.4. The van der Waals surface area contributed by atoms with Crippen molar-refractivity contribution >= 4 is 5.91 Å². The molecule has 1 aliphatic heterocycles. The second-order valence-corrected chi connectivity index (χ2v) is 7.59. The van der Waals surface area contributed by atoms with Crippen LogP contribution in [-0.4, -0.2) is 43.6 Å². The Morgan fingerprint density at radius 2 is 1.96 bits per heavy atom. The first-order valence-electron chi connectivity index (χ1n) is 9.96. The molecule has 6 nitrogen and oxygen atoms in total. The maximum Gasteiger partial charge on any atom is 0.230 e. The molecule has 1 atom stereocenters. The number of amides is 1. The highest BCUT2D eigenvalue weighted by atomic mass is 16.2. The molecule has 1 aromatic carbocycles. The second kappa shape index (κ2) is 7.19. The molecule has 0 spiro atoms. The van der Waals surface area contributed by atoms with E-state index in [0.29, 0.717) is 19.5 Å². The lowest BCUT2D eigenvalue weighted by Crippen LogP contribution is -2.36. The van der Waals surface area contributed by atoms with E-state index in [1.54, 1.807) is 6.20 Å². The molecule has 0 saturated carbocycles. The van der Waals surface area contributed by atoms with Crippen molar-refractivity contribution in [2.45, 2.75) is 38.1 Å². The lowest BCUT2D eigenvalue weighted by atomic mass is 10.00. The SMILES string of the molecule is O=C(C1CCc2ccccc21)N1CCc2nnc(Cc3cccnc3)n2CC1. The molecule has 1 unspecified atom stereocenters. The number of hydrogen-bond acceptors (Lipinski definition) is 4. The first kappa shape index (κ1) is 17.1. The van der Waals surface area contributed by atoms with Gasteiger partial charge in [-0.2, -0.15) is 0 Å². The van der Waals surface area contributed by atoms with Gasteiger partial charge in [-0.15, -0.1) is 10.2 Å². The predicted octanol–water partition coefficient (Wildman–Crippen LogP) is 2.38. The molecule has 5 rings (SSSR count). The number of aryl methyl sites for hydroxylation is 1. The summed E-state index contributed by atoms with van der Waals surface area (Å²) in [5, 5.41) is 8.79. The molecule has 1 amide bonds. The Bertz CT molecular complexity index is 997. The Morgan fingerprint density at radius 1 is 1.04 bits per heavy atom. The Kier molecular flexibility index (Phi) is 4.39. The minimum absolute atomic E-state index is 0.00890. The number of rotatable bonds is 3. The first-order valence-corrected chi connectivity index (χ1v) is 9.96. The van der Waals surface area contributed by atoms with Crippen molar-refractivity contribution in [1.29, 1.82) is 0 Å². The highest BCUT2D eigenvalue weighted by molar-refractivity contribution is 5.85. The van der Waals surface area contributed by atoms with E-state index in [-0.39, 0.29) is 11.8 Å². The zero-order valence-corrected chi connectivity index (χ0v) is 15.8. The summed E-state index contributed by atoms with van der Waals surface area (Å²) in [4.78, 5) is 19.4. The van der Waals surface area contributed by atoms with Crippen LogP contribution in [0.3, 0.4) is 0 Å². The van der Waals surface area contributed by atoms with Crippen molar-refractivity contribution in [2.75, 3.05) is 13.1 Å². The zero-order chi connectivity index (χ0) is 18.9. The van der Waals surface area contributed by atoms with Gasteiger partial charge in [0.15, 0.2) is 0 Å². The quantitative estimate of drug-likeness (QED) is 0.707. The summed E-state index contributed by atoms with van der Waals surface area (Å²) < 4.78 is 2.18. The molecule has 0 N–H and O–H groups in total. The number of nitrogens with zero attached hydrogens (tertiary/aromatic N) is 5. The minimum atomic E-state index is 0.00890. The van der Waals surface area contributed by atoms with Crippen molar-refractivity contribution in [3.8, 4) is 0 Å². The predicted molar refractivity (Wildman–Crippen MR) is 105 cm³/mol. The van der Waals surface area contributed by atoms with E-state index >= 15 is 0 Å². The van der Waals surface area contributed by atoms with E-state index in [2.05, 4.69) is 44.0 Å². The Morgan fingerprint density at radius 3 is 2.86 bits per heavy atom. The average molecular weight is 373 g/mol. The number of pyridine rings is 1. The number of fused-ring (bicyclic) bond motifs is 2. The third-order valence-electron chi connectivity index (χ3n) is 5.93. The van der Waals surface area contributed by atoms with Crippen molar-refractivity contribution in [1.82, 2.24) is 24.6 Å². The van der Waals surface area contributed by atoms with E-state index in [1.807, 2.05) is 23.2 Å². The largest absolute Gasteiger partial charge is 0.340 e. The van der Waals surface area contributed by atoms with Gasteiger partial charge in [-0.1, -0.05) is 30.3 Å². The average Bonchev–Trinajstić information content (AvgIpc) is 3.26. The first-order chi connectivity index (χ1) is 13.8. The smallest absolute Gasteiger partial charge is 0.230 e. The van der Waals surface area contributed by atoms with Crippen LogP contribution in [0.2, 0.25) is 0 Å². The number of carbonyl (C=O) groups excluding carboxylic acids is 1. The summed E-state index contributed by atoms with van der Waals surface area (Å²) in [6.45, 7) is 2.17. The highest BCUT2D eigenvalue weighted by Gasteiger charge is 2.32.